The third-order valence-electron chi connectivity index (χ3n) is 0.910. The summed E-state index contributed by atoms with van der Waals surface area (Å²) in [6.07, 6.45) is -1.03. The number of hydrogen-bond donors (Lipinski definition) is 3. The fourth-order valence-electron chi connectivity index (χ4n) is 0.422. The van der Waals surface area contributed by atoms with E-state index in [0.29, 0.717) is 0 Å². The molecular weight excluding hydrogens is 193 g/mol. The van der Waals surface area contributed by atoms with Crippen molar-refractivity contribution in [2.75, 3.05) is 6.61 Å². The number of amides is 1. The van der Waals surface area contributed by atoms with Gasteiger partial charge >= 0.3 is 0 Å². The van der Waals surface area contributed by atoms with E-state index in [1.54, 1.807) is 0 Å². The molecule has 0 heterocycles. The monoisotopic (exact) mass is 201 g/mol. The van der Waals surface area contributed by atoms with Crippen LogP contribution in [0.15, 0.2) is 0 Å². The second-order valence-corrected chi connectivity index (χ2v) is 2.93. The number of hydrogen-bond acceptors (Lipinski definition) is 3. The highest BCUT2D eigenvalue weighted by molar-refractivity contribution is 6.53. The van der Waals surface area contributed by atoms with E-state index in [1.807, 2.05) is 0 Å². The summed E-state index contributed by atoms with van der Waals surface area (Å²) in [7, 11) is 0. The van der Waals surface area contributed by atoms with Gasteiger partial charge in [-0.2, -0.15) is 0 Å². The second kappa shape index (κ2) is 5.60. The quantitative estimate of drug-likeness (QED) is 0.429. The standard InChI is InChI=1S/C5H9Cl2NO3/c6-4(7)5(11)8-3(10)1-2-9/h3-4,9-10H,1-2H2,(H,8,11). The van der Waals surface area contributed by atoms with E-state index in [4.69, 9.17) is 33.4 Å². The van der Waals surface area contributed by atoms with Crippen LogP contribution in [0.3, 0.4) is 0 Å². The van der Waals surface area contributed by atoms with E-state index >= 15 is 0 Å². The van der Waals surface area contributed by atoms with Gasteiger partial charge < -0.3 is 15.5 Å². The zero-order valence-electron chi connectivity index (χ0n) is 5.63. The van der Waals surface area contributed by atoms with Crippen LogP contribution in [0.5, 0.6) is 0 Å². The van der Waals surface area contributed by atoms with Gasteiger partial charge in [0, 0.05) is 13.0 Å². The molecule has 66 valence electrons. The Morgan fingerprint density at radius 3 is 2.45 bits per heavy atom. The summed E-state index contributed by atoms with van der Waals surface area (Å²) in [6.45, 7) is -0.212. The third-order valence-corrected chi connectivity index (χ3v) is 1.31. The Balaban J connectivity index is 3.57. The van der Waals surface area contributed by atoms with Gasteiger partial charge in [-0.1, -0.05) is 23.2 Å². The molecule has 1 amide bonds. The first kappa shape index (κ1) is 11.0. The van der Waals surface area contributed by atoms with E-state index in [1.165, 1.54) is 0 Å². The molecule has 3 N–H and O–H groups in total. The first-order valence-corrected chi connectivity index (χ1v) is 3.82. The van der Waals surface area contributed by atoms with E-state index in [-0.39, 0.29) is 13.0 Å². The van der Waals surface area contributed by atoms with Crippen LogP contribution in [0.2, 0.25) is 0 Å². The molecule has 0 aromatic carbocycles. The molecule has 0 spiro atoms. The minimum atomic E-state index is -1.19. The van der Waals surface area contributed by atoms with Crippen molar-refractivity contribution in [3.05, 3.63) is 0 Å². The fraction of sp³-hybridized carbons (Fsp3) is 0.800. The molecule has 0 aliphatic rings. The smallest absolute Gasteiger partial charge is 0.255 e. The fourth-order valence-corrected chi connectivity index (χ4v) is 0.548. The van der Waals surface area contributed by atoms with Crippen LogP contribution in [0, 0.1) is 0 Å². The van der Waals surface area contributed by atoms with Crippen molar-refractivity contribution in [3.63, 3.8) is 0 Å². The van der Waals surface area contributed by atoms with Gasteiger partial charge in [-0.05, 0) is 0 Å². The van der Waals surface area contributed by atoms with Gasteiger partial charge in [0.1, 0.15) is 6.23 Å². The first-order valence-electron chi connectivity index (χ1n) is 2.95. The Labute approximate surface area is 74.1 Å². The normalized spacial score (nSPS) is 13.2. The SMILES string of the molecule is O=C(NC(O)CCO)C(Cl)Cl. The maximum atomic E-state index is 10.6. The predicted molar refractivity (Wildman–Crippen MR) is 41.3 cm³/mol. The highest BCUT2D eigenvalue weighted by atomic mass is 35.5. The van der Waals surface area contributed by atoms with Gasteiger partial charge in [0.2, 0.25) is 0 Å². The van der Waals surface area contributed by atoms with Crippen LogP contribution < -0.4 is 5.32 Å². The van der Waals surface area contributed by atoms with Crippen LogP contribution in [0.25, 0.3) is 0 Å². The Kier molecular flexibility index (Phi) is 5.58. The molecule has 0 radical (unpaired) electrons. The molecule has 0 rings (SSSR count). The van der Waals surface area contributed by atoms with Crippen molar-refractivity contribution in [2.24, 2.45) is 0 Å². The summed E-state index contributed by atoms with van der Waals surface area (Å²) in [4.78, 5) is 9.42. The van der Waals surface area contributed by atoms with Gasteiger partial charge in [-0.25, -0.2) is 0 Å². The summed E-state index contributed by atoms with van der Waals surface area (Å²) in [5.41, 5.74) is 0. The maximum absolute atomic E-state index is 10.6. The molecule has 0 aliphatic heterocycles. The highest BCUT2D eigenvalue weighted by Gasteiger charge is 2.14. The molecule has 0 bridgehead atoms. The number of carbonyl (C=O) groups excluding carboxylic acids is 1. The molecule has 6 heteroatoms. The van der Waals surface area contributed by atoms with Crippen LogP contribution in [-0.4, -0.2) is 33.8 Å². The average molecular weight is 202 g/mol. The molecule has 0 saturated heterocycles. The van der Waals surface area contributed by atoms with Crippen LogP contribution in [0.4, 0.5) is 0 Å². The average Bonchev–Trinajstić information content (AvgIpc) is 1.87. The van der Waals surface area contributed by atoms with Gasteiger partial charge in [0.15, 0.2) is 4.84 Å². The molecule has 0 fully saturated rings. The lowest BCUT2D eigenvalue weighted by Crippen LogP contribution is -2.38. The molecular formula is C5H9Cl2NO3. The molecule has 1 atom stereocenters. The van der Waals surface area contributed by atoms with Crippen LogP contribution in [-0.2, 0) is 4.79 Å². The molecule has 0 saturated carbocycles. The Morgan fingerprint density at radius 2 is 2.09 bits per heavy atom. The molecule has 0 aromatic rings. The van der Waals surface area contributed by atoms with E-state index in [0.717, 1.165) is 0 Å². The van der Waals surface area contributed by atoms with E-state index in [9.17, 15) is 4.79 Å². The van der Waals surface area contributed by atoms with E-state index < -0.39 is 17.0 Å². The number of rotatable bonds is 4. The topological polar surface area (TPSA) is 69.6 Å². The number of aliphatic hydroxyl groups is 2. The Morgan fingerprint density at radius 1 is 1.55 bits per heavy atom. The zero-order valence-corrected chi connectivity index (χ0v) is 7.14. The molecule has 11 heavy (non-hydrogen) atoms. The Bertz CT molecular complexity index is 131. The second-order valence-electron chi connectivity index (χ2n) is 1.84. The van der Waals surface area contributed by atoms with Gasteiger partial charge in [0.05, 0.1) is 0 Å². The lowest BCUT2D eigenvalue weighted by Gasteiger charge is -2.10. The number of halogens is 2. The highest BCUT2D eigenvalue weighted by Crippen LogP contribution is 2.01. The zero-order chi connectivity index (χ0) is 8.85. The van der Waals surface area contributed by atoms with Crippen molar-refractivity contribution in [3.8, 4) is 0 Å². The number of carbonyl (C=O) groups is 1. The molecule has 0 aromatic heterocycles. The van der Waals surface area contributed by atoms with Gasteiger partial charge in [-0.3, -0.25) is 4.79 Å². The van der Waals surface area contributed by atoms with Crippen LogP contribution >= 0.6 is 23.2 Å². The van der Waals surface area contributed by atoms with Gasteiger partial charge in [-0.15, -0.1) is 0 Å². The molecule has 1 unspecified atom stereocenters. The van der Waals surface area contributed by atoms with Crippen molar-refractivity contribution in [1.29, 1.82) is 0 Å². The summed E-state index contributed by atoms with van der Waals surface area (Å²) >= 11 is 10.3. The number of nitrogens with one attached hydrogen (secondary N) is 1. The maximum Gasteiger partial charge on any atom is 0.255 e. The molecule has 4 nitrogen and oxygen atoms in total. The summed E-state index contributed by atoms with van der Waals surface area (Å²) < 4.78 is 0. The summed E-state index contributed by atoms with van der Waals surface area (Å²) in [5, 5.41) is 19.2. The lowest BCUT2D eigenvalue weighted by atomic mass is 10.4. The third kappa shape index (κ3) is 5.26. The minimum Gasteiger partial charge on any atom is -0.396 e. The van der Waals surface area contributed by atoms with E-state index in [2.05, 4.69) is 5.32 Å². The minimum absolute atomic E-state index is 0.0617. The Hall–Kier alpha value is -0.0300. The van der Waals surface area contributed by atoms with Crippen LogP contribution in [0.1, 0.15) is 6.42 Å². The van der Waals surface area contributed by atoms with Crippen molar-refractivity contribution < 1.29 is 15.0 Å². The summed E-state index contributed by atoms with van der Waals surface area (Å²) in [5.74, 6) is -0.672. The van der Waals surface area contributed by atoms with Gasteiger partial charge in [0.25, 0.3) is 5.91 Å². The number of alkyl halides is 2. The van der Waals surface area contributed by atoms with Crippen molar-refractivity contribution in [1.82, 2.24) is 5.32 Å². The summed E-state index contributed by atoms with van der Waals surface area (Å²) in [6, 6.07) is 0. The van der Waals surface area contributed by atoms with Crippen molar-refractivity contribution in [2.45, 2.75) is 17.5 Å². The lowest BCUT2D eigenvalue weighted by molar-refractivity contribution is -0.122. The number of aliphatic hydroxyl groups excluding tert-OH is 2. The first-order chi connectivity index (χ1) is 5.07. The largest absolute Gasteiger partial charge is 0.396 e. The predicted octanol–water partition coefficient (Wildman–Crippen LogP) is -0.393. The van der Waals surface area contributed by atoms with Crippen molar-refractivity contribution >= 4 is 29.1 Å². The molecule has 0 aliphatic carbocycles.